The van der Waals surface area contributed by atoms with Crippen molar-refractivity contribution in [3.63, 3.8) is 0 Å². The Kier molecular flexibility index (Phi) is 5.37. The first-order valence-electron chi connectivity index (χ1n) is 7.71. The van der Waals surface area contributed by atoms with Gasteiger partial charge in [-0.05, 0) is 12.1 Å². The Bertz CT molecular complexity index is 713. The standard InChI is InChI=1S/C16H20N4O3S/c1-19-15(12-4-3-5-13(10-12)22-2)17-18-16(19)24-11-14(21)20-6-8-23-9-7-20/h3-5,10H,6-9,11H2,1-2H3. The second-order valence-electron chi connectivity index (χ2n) is 5.38. The number of nitrogens with zero attached hydrogens (tertiary/aromatic N) is 4. The zero-order chi connectivity index (χ0) is 16.9. The highest BCUT2D eigenvalue weighted by Gasteiger charge is 2.19. The normalized spacial score (nSPS) is 14.7. The van der Waals surface area contributed by atoms with E-state index in [1.807, 2.05) is 40.8 Å². The van der Waals surface area contributed by atoms with Gasteiger partial charge in [0.2, 0.25) is 5.91 Å². The number of hydrogen-bond acceptors (Lipinski definition) is 6. The minimum absolute atomic E-state index is 0.106. The Balaban J connectivity index is 1.67. The number of benzene rings is 1. The smallest absolute Gasteiger partial charge is 0.233 e. The van der Waals surface area contributed by atoms with E-state index < -0.39 is 0 Å². The number of rotatable bonds is 5. The molecule has 0 N–H and O–H groups in total. The lowest BCUT2D eigenvalue weighted by atomic mass is 10.2. The molecule has 1 saturated heterocycles. The molecule has 128 valence electrons. The first kappa shape index (κ1) is 16.8. The highest BCUT2D eigenvalue weighted by Crippen LogP contribution is 2.25. The van der Waals surface area contributed by atoms with Crippen LogP contribution in [0.4, 0.5) is 0 Å². The fraction of sp³-hybridized carbons (Fsp3) is 0.438. The van der Waals surface area contributed by atoms with Gasteiger partial charge in [0.1, 0.15) is 5.75 Å². The number of carbonyl (C=O) groups is 1. The van der Waals surface area contributed by atoms with E-state index in [0.717, 1.165) is 22.3 Å². The molecular weight excluding hydrogens is 328 g/mol. The first-order chi connectivity index (χ1) is 11.7. The Morgan fingerprint density at radius 3 is 2.88 bits per heavy atom. The molecule has 2 aromatic rings. The van der Waals surface area contributed by atoms with Gasteiger partial charge >= 0.3 is 0 Å². The van der Waals surface area contributed by atoms with Gasteiger partial charge in [-0.3, -0.25) is 4.79 Å². The average Bonchev–Trinajstić information content (AvgIpc) is 3.01. The molecule has 0 radical (unpaired) electrons. The van der Waals surface area contributed by atoms with Crippen molar-refractivity contribution in [3.8, 4) is 17.1 Å². The minimum Gasteiger partial charge on any atom is -0.497 e. The molecule has 1 amide bonds. The van der Waals surface area contributed by atoms with Gasteiger partial charge in [-0.2, -0.15) is 0 Å². The van der Waals surface area contributed by atoms with Crippen LogP contribution in [0.25, 0.3) is 11.4 Å². The molecule has 0 atom stereocenters. The number of ether oxygens (including phenoxy) is 2. The number of aromatic nitrogens is 3. The molecule has 7 nitrogen and oxygen atoms in total. The summed E-state index contributed by atoms with van der Waals surface area (Å²) in [6.07, 6.45) is 0. The monoisotopic (exact) mass is 348 g/mol. The Morgan fingerprint density at radius 2 is 2.12 bits per heavy atom. The van der Waals surface area contributed by atoms with Crippen molar-refractivity contribution >= 4 is 17.7 Å². The van der Waals surface area contributed by atoms with Crippen molar-refractivity contribution in [2.45, 2.75) is 5.16 Å². The summed E-state index contributed by atoms with van der Waals surface area (Å²) in [4.78, 5) is 14.0. The number of morpholine rings is 1. The summed E-state index contributed by atoms with van der Waals surface area (Å²) in [5.41, 5.74) is 0.927. The number of carbonyl (C=O) groups excluding carboxylic acids is 1. The van der Waals surface area contributed by atoms with Crippen LogP contribution in [0.15, 0.2) is 29.4 Å². The molecule has 0 aliphatic carbocycles. The second kappa shape index (κ2) is 7.67. The highest BCUT2D eigenvalue weighted by atomic mass is 32.2. The van der Waals surface area contributed by atoms with Crippen LogP contribution in [-0.2, 0) is 16.6 Å². The lowest BCUT2D eigenvalue weighted by Gasteiger charge is -2.26. The topological polar surface area (TPSA) is 69.5 Å². The lowest BCUT2D eigenvalue weighted by molar-refractivity contribution is -0.132. The molecule has 0 saturated carbocycles. The van der Waals surface area contributed by atoms with E-state index in [4.69, 9.17) is 9.47 Å². The maximum Gasteiger partial charge on any atom is 0.233 e. The molecule has 3 rings (SSSR count). The van der Waals surface area contributed by atoms with Crippen molar-refractivity contribution < 1.29 is 14.3 Å². The molecule has 1 aliphatic heterocycles. The van der Waals surface area contributed by atoms with E-state index >= 15 is 0 Å². The maximum absolute atomic E-state index is 12.2. The summed E-state index contributed by atoms with van der Waals surface area (Å²) in [6.45, 7) is 2.54. The summed E-state index contributed by atoms with van der Waals surface area (Å²) in [7, 11) is 3.53. The van der Waals surface area contributed by atoms with E-state index in [9.17, 15) is 4.79 Å². The molecule has 1 fully saturated rings. The van der Waals surface area contributed by atoms with Gasteiger partial charge in [-0.15, -0.1) is 10.2 Å². The average molecular weight is 348 g/mol. The van der Waals surface area contributed by atoms with Crippen molar-refractivity contribution in [3.05, 3.63) is 24.3 Å². The van der Waals surface area contributed by atoms with Crippen molar-refractivity contribution in [1.29, 1.82) is 0 Å². The van der Waals surface area contributed by atoms with Gasteiger partial charge in [0, 0.05) is 25.7 Å². The van der Waals surface area contributed by atoms with E-state index in [-0.39, 0.29) is 5.91 Å². The largest absolute Gasteiger partial charge is 0.497 e. The van der Waals surface area contributed by atoms with Crippen LogP contribution in [0.1, 0.15) is 0 Å². The predicted octanol–water partition coefficient (Wildman–Crippen LogP) is 1.44. The molecular formula is C16H20N4O3S. The molecule has 0 bridgehead atoms. The van der Waals surface area contributed by atoms with E-state index in [1.54, 1.807) is 7.11 Å². The van der Waals surface area contributed by atoms with Crippen LogP contribution in [0.2, 0.25) is 0 Å². The number of amides is 1. The number of thioether (sulfide) groups is 1. The Hall–Kier alpha value is -2.06. The third-order valence-electron chi connectivity index (χ3n) is 3.85. The van der Waals surface area contributed by atoms with Gasteiger partial charge in [-0.1, -0.05) is 23.9 Å². The Labute approximate surface area is 145 Å². The summed E-state index contributed by atoms with van der Waals surface area (Å²) in [5, 5.41) is 9.16. The fourth-order valence-electron chi connectivity index (χ4n) is 2.48. The quantitative estimate of drug-likeness (QED) is 0.762. The minimum atomic E-state index is 0.106. The summed E-state index contributed by atoms with van der Waals surface area (Å²) in [5.74, 6) is 1.97. The van der Waals surface area contributed by atoms with Crippen LogP contribution in [0.5, 0.6) is 5.75 Å². The van der Waals surface area contributed by atoms with E-state index in [2.05, 4.69) is 10.2 Å². The molecule has 0 spiro atoms. The van der Waals surface area contributed by atoms with Crippen molar-refractivity contribution in [2.75, 3.05) is 39.2 Å². The third-order valence-corrected chi connectivity index (χ3v) is 4.86. The summed E-state index contributed by atoms with van der Waals surface area (Å²) >= 11 is 1.40. The summed E-state index contributed by atoms with van der Waals surface area (Å²) < 4.78 is 12.4. The van der Waals surface area contributed by atoms with E-state index in [1.165, 1.54) is 11.8 Å². The molecule has 24 heavy (non-hydrogen) atoms. The van der Waals surface area contributed by atoms with Crippen LogP contribution in [0.3, 0.4) is 0 Å². The van der Waals surface area contributed by atoms with Gasteiger partial charge in [0.25, 0.3) is 0 Å². The van der Waals surface area contributed by atoms with Crippen LogP contribution in [-0.4, -0.2) is 64.7 Å². The molecule has 8 heteroatoms. The van der Waals surface area contributed by atoms with Gasteiger partial charge in [-0.25, -0.2) is 0 Å². The van der Waals surface area contributed by atoms with Gasteiger partial charge in [0.05, 0.1) is 26.1 Å². The molecule has 1 aliphatic rings. The maximum atomic E-state index is 12.2. The first-order valence-corrected chi connectivity index (χ1v) is 8.69. The zero-order valence-electron chi connectivity index (χ0n) is 13.8. The predicted molar refractivity (Wildman–Crippen MR) is 91.1 cm³/mol. The van der Waals surface area contributed by atoms with Crippen molar-refractivity contribution in [1.82, 2.24) is 19.7 Å². The molecule has 1 aromatic carbocycles. The second-order valence-corrected chi connectivity index (χ2v) is 6.32. The van der Waals surface area contributed by atoms with Gasteiger partial charge < -0.3 is 18.9 Å². The zero-order valence-corrected chi connectivity index (χ0v) is 14.6. The summed E-state index contributed by atoms with van der Waals surface area (Å²) in [6, 6.07) is 7.67. The molecule has 2 heterocycles. The third kappa shape index (κ3) is 3.70. The number of methoxy groups -OCH3 is 1. The van der Waals surface area contributed by atoms with E-state index in [0.29, 0.717) is 32.1 Å². The van der Waals surface area contributed by atoms with Crippen molar-refractivity contribution in [2.24, 2.45) is 7.05 Å². The Morgan fingerprint density at radius 1 is 1.33 bits per heavy atom. The number of hydrogen-bond donors (Lipinski definition) is 0. The van der Waals surface area contributed by atoms with Gasteiger partial charge in [0.15, 0.2) is 11.0 Å². The SMILES string of the molecule is COc1cccc(-c2nnc(SCC(=O)N3CCOCC3)n2C)c1. The fourth-order valence-corrected chi connectivity index (χ4v) is 3.30. The highest BCUT2D eigenvalue weighted by molar-refractivity contribution is 7.99. The molecule has 0 unspecified atom stereocenters. The molecule has 1 aromatic heterocycles. The lowest BCUT2D eigenvalue weighted by Crippen LogP contribution is -2.41. The van der Waals surface area contributed by atoms with Crippen LogP contribution >= 0.6 is 11.8 Å². The van der Waals surface area contributed by atoms with Crippen LogP contribution < -0.4 is 4.74 Å². The van der Waals surface area contributed by atoms with Crippen LogP contribution in [0, 0.1) is 0 Å².